The van der Waals surface area contributed by atoms with Crippen molar-refractivity contribution in [1.82, 2.24) is 5.32 Å². The average Bonchev–Trinajstić information content (AvgIpc) is 3.31. The Bertz CT molecular complexity index is 880. The fraction of sp³-hybridized carbons (Fsp3) is 0.200. The van der Waals surface area contributed by atoms with Gasteiger partial charge in [0.15, 0.2) is 0 Å². The summed E-state index contributed by atoms with van der Waals surface area (Å²) in [6.07, 6.45) is 3.29. The number of furan rings is 1. The predicted molar refractivity (Wildman–Crippen MR) is 103 cm³/mol. The van der Waals surface area contributed by atoms with Crippen molar-refractivity contribution in [3.63, 3.8) is 0 Å². The molecule has 2 N–H and O–H groups in total. The average molecular weight is 368 g/mol. The predicted octanol–water partition coefficient (Wildman–Crippen LogP) is 4.39. The molecule has 0 aliphatic rings. The molecular formula is C20H20N2O3S. The second-order valence-corrected chi connectivity index (χ2v) is 7.22. The highest BCUT2D eigenvalue weighted by molar-refractivity contribution is 7.10. The van der Waals surface area contributed by atoms with Gasteiger partial charge in [-0.15, -0.1) is 11.3 Å². The molecule has 0 spiro atoms. The van der Waals surface area contributed by atoms with Crippen molar-refractivity contribution in [1.29, 1.82) is 0 Å². The Morgan fingerprint density at radius 1 is 1.08 bits per heavy atom. The molecule has 3 aromatic rings. The van der Waals surface area contributed by atoms with E-state index in [0.717, 1.165) is 16.0 Å². The van der Waals surface area contributed by atoms with E-state index in [1.807, 2.05) is 29.6 Å². The number of carbonyl (C=O) groups is 2. The minimum atomic E-state index is -0.672. The molecule has 0 unspecified atom stereocenters. The summed E-state index contributed by atoms with van der Waals surface area (Å²) in [5.41, 5.74) is 3.80. The summed E-state index contributed by atoms with van der Waals surface area (Å²) in [5, 5.41) is 7.24. The third kappa shape index (κ3) is 4.40. The smallest absolute Gasteiger partial charge is 0.313 e. The molecular weight excluding hydrogens is 348 g/mol. The molecule has 2 aromatic heterocycles. The van der Waals surface area contributed by atoms with E-state index in [2.05, 4.69) is 24.5 Å². The van der Waals surface area contributed by atoms with Crippen LogP contribution in [0.1, 0.15) is 30.2 Å². The summed E-state index contributed by atoms with van der Waals surface area (Å²) >= 11 is 1.52. The van der Waals surface area contributed by atoms with Crippen molar-refractivity contribution < 1.29 is 14.0 Å². The largest absolute Gasteiger partial charge is 0.472 e. The van der Waals surface area contributed by atoms with E-state index in [1.54, 1.807) is 24.7 Å². The quantitative estimate of drug-likeness (QED) is 0.656. The van der Waals surface area contributed by atoms with Crippen LogP contribution in [0.3, 0.4) is 0 Å². The lowest BCUT2D eigenvalue weighted by Crippen LogP contribution is -2.34. The second-order valence-electron chi connectivity index (χ2n) is 6.23. The van der Waals surface area contributed by atoms with E-state index in [-0.39, 0.29) is 0 Å². The summed E-state index contributed by atoms with van der Waals surface area (Å²) in [4.78, 5) is 25.0. The SMILES string of the molecule is CC(C)c1ccc(NC(=O)C(=O)NCc2cc(-c3ccoc3)cs2)cc1. The molecule has 2 heterocycles. The number of nitrogens with one attached hydrogen (secondary N) is 2. The fourth-order valence-corrected chi connectivity index (χ4v) is 3.27. The molecule has 0 fully saturated rings. The third-order valence-electron chi connectivity index (χ3n) is 3.97. The van der Waals surface area contributed by atoms with Gasteiger partial charge in [0.25, 0.3) is 0 Å². The Balaban J connectivity index is 1.52. The molecule has 1 aromatic carbocycles. The fourth-order valence-electron chi connectivity index (χ4n) is 2.44. The van der Waals surface area contributed by atoms with Crippen molar-refractivity contribution in [2.75, 3.05) is 5.32 Å². The Morgan fingerprint density at radius 2 is 1.85 bits per heavy atom. The first-order valence-electron chi connectivity index (χ1n) is 8.32. The van der Waals surface area contributed by atoms with Gasteiger partial charge in [0.2, 0.25) is 0 Å². The highest BCUT2D eigenvalue weighted by Crippen LogP contribution is 2.25. The van der Waals surface area contributed by atoms with Crippen molar-refractivity contribution in [2.24, 2.45) is 0 Å². The number of hydrogen-bond donors (Lipinski definition) is 2. The molecule has 6 heteroatoms. The summed E-state index contributed by atoms with van der Waals surface area (Å²) in [7, 11) is 0. The van der Waals surface area contributed by atoms with Crippen molar-refractivity contribution in [2.45, 2.75) is 26.3 Å². The zero-order valence-electron chi connectivity index (χ0n) is 14.6. The van der Waals surface area contributed by atoms with Gasteiger partial charge < -0.3 is 15.1 Å². The maximum Gasteiger partial charge on any atom is 0.313 e. The molecule has 0 aliphatic carbocycles. The topological polar surface area (TPSA) is 71.3 Å². The highest BCUT2D eigenvalue weighted by Gasteiger charge is 2.14. The Labute approximate surface area is 156 Å². The highest BCUT2D eigenvalue weighted by atomic mass is 32.1. The first-order chi connectivity index (χ1) is 12.5. The van der Waals surface area contributed by atoms with Crippen LogP contribution in [0.25, 0.3) is 11.1 Å². The summed E-state index contributed by atoms with van der Waals surface area (Å²) in [5.74, 6) is -0.911. The minimum absolute atomic E-state index is 0.307. The van der Waals surface area contributed by atoms with Crippen LogP contribution >= 0.6 is 11.3 Å². The van der Waals surface area contributed by atoms with Crippen LogP contribution < -0.4 is 10.6 Å². The molecule has 0 bridgehead atoms. The van der Waals surface area contributed by atoms with Crippen LogP contribution in [0.2, 0.25) is 0 Å². The molecule has 3 rings (SSSR count). The van der Waals surface area contributed by atoms with E-state index in [0.29, 0.717) is 18.2 Å². The van der Waals surface area contributed by atoms with Gasteiger partial charge in [0, 0.05) is 16.1 Å². The van der Waals surface area contributed by atoms with Crippen LogP contribution in [-0.4, -0.2) is 11.8 Å². The molecule has 5 nitrogen and oxygen atoms in total. The zero-order valence-corrected chi connectivity index (χ0v) is 15.4. The molecule has 134 valence electrons. The van der Waals surface area contributed by atoms with E-state index >= 15 is 0 Å². The molecule has 26 heavy (non-hydrogen) atoms. The van der Waals surface area contributed by atoms with Gasteiger partial charge >= 0.3 is 11.8 Å². The third-order valence-corrected chi connectivity index (χ3v) is 4.91. The first-order valence-corrected chi connectivity index (χ1v) is 9.20. The van der Waals surface area contributed by atoms with Crippen molar-refractivity contribution in [3.05, 3.63) is 64.7 Å². The van der Waals surface area contributed by atoms with Crippen LogP contribution in [0, 0.1) is 0 Å². The van der Waals surface area contributed by atoms with Gasteiger partial charge in [0.1, 0.15) is 0 Å². The van der Waals surface area contributed by atoms with Gasteiger partial charge in [-0.05, 0) is 46.7 Å². The Morgan fingerprint density at radius 3 is 2.50 bits per heavy atom. The lowest BCUT2D eigenvalue weighted by Gasteiger charge is -2.08. The maximum absolute atomic E-state index is 12.0. The minimum Gasteiger partial charge on any atom is -0.472 e. The Kier molecular flexibility index (Phi) is 5.53. The van der Waals surface area contributed by atoms with Crippen molar-refractivity contribution in [3.8, 4) is 11.1 Å². The standard InChI is InChI=1S/C20H20N2O3S/c1-13(2)14-3-5-17(6-4-14)22-20(24)19(23)21-10-18-9-16(12-26-18)15-7-8-25-11-15/h3-9,11-13H,10H2,1-2H3,(H,21,23)(H,22,24). The number of hydrogen-bond acceptors (Lipinski definition) is 4. The molecule has 0 radical (unpaired) electrons. The molecule has 0 atom stereocenters. The van der Waals surface area contributed by atoms with E-state index in [4.69, 9.17) is 4.42 Å². The monoisotopic (exact) mass is 368 g/mol. The number of anilines is 1. The van der Waals surface area contributed by atoms with Gasteiger partial charge in [-0.1, -0.05) is 26.0 Å². The summed E-state index contributed by atoms with van der Waals surface area (Å²) < 4.78 is 5.07. The molecule has 0 aliphatic heterocycles. The molecule has 0 saturated carbocycles. The van der Waals surface area contributed by atoms with E-state index in [1.165, 1.54) is 16.9 Å². The van der Waals surface area contributed by atoms with E-state index < -0.39 is 11.8 Å². The second kappa shape index (κ2) is 8.01. The van der Waals surface area contributed by atoms with E-state index in [9.17, 15) is 9.59 Å². The summed E-state index contributed by atoms with van der Waals surface area (Å²) in [6, 6.07) is 11.3. The lowest BCUT2D eigenvalue weighted by atomic mass is 10.0. The van der Waals surface area contributed by atoms with Crippen LogP contribution in [0.4, 0.5) is 5.69 Å². The summed E-state index contributed by atoms with van der Waals surface area (Å²) in [6.45, 7) is 4.51. The normalized spacial score (nSPS) is 10.7. The Hall–Kier alpha value is -2.86. The molecule has 0 saturated heterocycles. The number of amides is 2. The van der Waals surface area contributed by atoms with Crippen LogP contribution in [0.5, 0.6) is 0 Å². The number of benzene rings is 1. The lowest BCUT2D eigenvalue weighted by molar-refractivity contribution is -0.136. The van der Waals surface area contributed by atoms with Crippen molar-refractivity contribution >= 4 is 28.8 Å². The van der Waals surface area contributed by atoms with Crippen LogP contribution in [-0.2, 0) is 16.1 Å². The number of rotatable bonds is 5. The first kappa shape index (κ1) is 17.9. The number of thiophene rings is 1. The van der Waals surface area contributed by atoms with Gasteiger partial charge in [-0.3, -0.25) is 9.59 Å². The zero-order chi connectivity index (χ0) is 18.5. The van der Waals surface area contributed by atoms with Gasteiger partial charge in [-0.2, -0.15) is 0 Å². The number of carbonyl (C=O) groups excluding carboxylic acids is 2. The maximum atomic E-state index is 12.0. The molecule has 2 amide bonds. The van der Waals surface area contributed by atoms with Crippen LogP contribution in [0.15, 0.2) is 58.7 Å². The van der Waals surface area contributed by atoms with Gasteiger partial charge in [0.05, 0.1) is 19.1 Å². The van der Waals surface area contributed by atoms with Gasteiger partial charge in [-0.25, -0.2) is 0 Å².